The number of hydrogen-bond acceptors (Lipinski definition) is 0. The molecule has 0 saturated carbocycles. The first-order valence-electron chi connectivity index (χ1n) is 12.5. The van der Waals surface area contributed by atoms with Crippen LogP contribution in [-0.4, -0.2) is 0 Å². The molecule has 311 valence electrons. The summed E-state index contributed by atoms with van der Waals surface area (Å²) in [6.07, 6.45) is 4.94. The zero-order chi connectivity index (χ0) is 36.6. The Balaban J connectivity index is -0.000000137. The molecule has 0 amide bonds. The van der Waals surface area contributed by atoms with Crippen LogP contribution in [0.15, 0.2) is 0 Å². The fraction of sp³-hybridized carbons (Fsp3) is 0.194. The topological polar surface area (TPSA) is 0 Å². The molecule has 65 heavy (non-hydrogen) atoms. The van der Waals surface area contributed by atoms with Crippen LogP contribution < -0.4 is 0 Å². The van der Waals surface area contributed by atoms with Crippen LogP contribution >= 0.6 is 22.6 Å². The summed E-state index contributed by atoms with van der Waals surface area (Å²) in [7, 11) is 0. The van der Waals surface area contributed by atoms with E-state index >= 15 is 0 Å². The molecule has 0 rings (SSSR count). The van der Waals surface area contributed by atoms with E-state index in [1.54, 1.807) is 0 Å². The van der Waals surface area contributed by atoms with E-state index in [-0.39, 0.29) is 153 Å². The normalized spacial score (nSPS) is 3.08. The third-order valence-corrected chi connectivity index (χ3v) is 3.26. The number of terminal acetylenes is 1. The van der Waals surface area contributed by atoms with Crippen molar-refractivity contribution in [3.05, 3.63) is 0 Å². The second kappa shape index (κ2) is 101. The van der Waals surface area contributed by atoms with Gasteiger partial charge in [-0.3, -0.25) is 0 Å². The first kappa shape index (κ1) is 101. The summed E-state index contributed by atoms with van der Waals surface area (Å²) in [5.41, 5.74) is 0. The van der Waals surface area contributed by atoms with E-state index in [1.165, 1.54) is 0 Å². The molecule has 1 radical (unpaired) electrons. The second-order valence-electron chi connectivity index (χ2n) is 6.11. The Bertz CT molecular complexity index is 3130. The minimum absolute atomic E-state index is 0. The molecule has 0 unspecified atom stereocenters. The molecule has 0 aromatic carbocycles. The van der Waals surface area contributed by atoms with Crippen molar-refractivity contribution in [3.8, 4) is 295 Å². The smallest absolute Gasteiger partial charge is 0.0192 e. The average molecular weight is 1250 g/mol. The quantitative estimate of drug-likeness (QED) is 0.168. The van der Waals surface area contributed by atoms with Crippen LogP contribution in [0.2, 0.25) is 0 Å². The van der Waals surface area contributed by atoms with Crippen LogP contribution in [0, 0.1) is 326 Å². The summed E-state index contributed by atoms with van der Waals surface area (Å²) >= 11 is 1.88. The van der Waals surface area contributed by atoms with E-state index in [0.29, 0.717) is 0 Å². The van der Waals surface area contributed by atoms with Crippen LogP contribution in [0.25, 0.3) is 0 Å². The van der Waals surface area contributed by atoms with Gasteiger partial charge in [0, 0.05) is 276 Å². The van der Waals surface area contributed by atoms with Crippen molar-refractivity contribution in [2.75, 3.05) is 0 Å². The van der Waals surface area contributed by atoms with Gasteiger partial charge < -0.3 is 0 Å². The van der Waals surface area contributed by atoms with Crippen LogP contribution in [-0.2, 0) is 32.7 Å². The maximum absolute atomic E-state index is 4.94. The first-order valence-corrected chi connectivity index (χ1v) is 13.6. The van der Waals surface area contributed by atoms with Crippen molar-refractivity contribution in [2.24, 2.45) is 0 Å². The molecule has 0 aliphatic carbocycles. The zero-order valence-electron chi connectivity index (χ0n) is 26.5. The third-order valence-electron chi connectivity index (χ3n) is 2.99. The molecule has 0 nitrogen and oxygen atoms in total. The molecule has 0 spiro atoms. The maximum atomic E-state index is 4.94. The molecule has 0 heterocycles. The van der Waals surface area contributed by atoms with E-state index in [2.05, 4.69) is 288 Å². The van der Waals surface area contributed by atoms with E-state index in [4.69, 9.17) is 6.42 Å². The Morgan fingerprint density at radius 1 is 0.169 bits per heavy atom. The molecule has 0 bridgehead atoms. The van der Waals surface area contributed by atoms with Crippen LogP contribution in [0.4, 0.5) is 0 Å². The molecule has 0 atom stereocenters. The van der Waals surface area contributed by atoms with E-state index in [9.17, 15) is 0 Å². The Labute approximate surface area is 465 Å². The van der Waals surface area contributed by atoms with Gasteiger partial charge in [-0.15, -0.1) is 6.42 Å². The third kappa shape index (κ3) is 102. The van der Waals surface area contributed by atoms with Crippen molar-refractivity contribution < 1.29 is 63.8 Å². The summed E-state index contributed by atoms with van der Waals surface area (Å²) in [5, 5.41) is 0. The first-order chi connectivity index (χ1) is 25.4. The predicted octanol–water partition coefficient (Wildman–Crippen LogP) is 8.72. The van der Waals surface area contributed by atoms with Gasteiger partial charge in [0.1, 0.15) is 0 Å². The Hall–Kier alpha value is -8.11. The van der Waals surface area contributed by atoms with Gasteiger partial charge in [-0.2, -0.15) is 0 Å². The van der Waals surface area contributed by atoms with Gasteiger partial charge >= 0.3 is 0 Å². The fourth-order valence-corrected chi connectivity index (χ4v) is 1.60. The molecule has 0 aliphatic rings. The molecular formula is C62H49IUY. The largest absolute Gasteiger partial charge is 0.106 e. The van der Waals surface area contributed by atoms with Gasteiger partial charge in [-0.05, 0) is 98.7 Å². The van der Waals surface area contributed by atoms with Crippen LogP contribution in [0.1, 0.15) is 89.1 Å². The molecule has 0 aromatic heterocycles. The van der Waals surface area contributed by atoms with Crippen LogP contribution in [0.5, 0.6) is 0 Å². The predicted molar refractivity (Wildman–Crippen MR) is 290 cm³/mol. The Morgan fingerprint density at radius 3 is 0.323 bits per heavy atom. The van der Waals surface area contributed by atoms with Gasteiger partial charge in [0.05, 0.1) is 0 Å². The molecule has 0 N–H and O–H groups in total. The minimum atomic E-state index is 0. The van der Waals surface area contributed by atoms with Crippen molar-refractivity contribution in [1.29, 1.82) is 0 Å². The molecule has 3 heteroatoms. The maximum Gasteiger partial charge on any atom is 0.0192 e. The summed E-state index contributed by atoms with van der Waals surface area (Å²) in [5.74, 6) is 119. The van der Waals surface area contributed by atoms with Crippen LogP contribution in [0.3, 0.4) is 0 Å². The Morgan fingerprint density at radius 2 is 0.246 bits per heavy atom. The number of halogens is 1. The average Bonchev–Trinajstić information content (AvgIpc) is 3.14. The molecule has 0 aromatic rings. The van der Waals surface area contributed by atoms with E-state index in [1.807, 2.05) is 22.6 Å². The summed E-state index contributed by atoms with van der Waals surface area (Å²) in [6.45, 7) is 0. The van der Waals surface area contributed by atoms with E-state index < -0.39 is 0 Å². The second-order valence-corrected chi connectivity index (χ2v) is 6.65. The summed E-state index contributed by atoms with van der Waals surface area (Å²) in [6, 6.07) is 0. The zero-order valence-corrected chi connectivity index (χ0v) is 35.7. The van der Waals surface area contributed by atoms with E-state index in [0.717, 1.165) is 0 Å². The fourth-order valence-electron chi connectivity index (χ4n) is 1.47. The standard InChI is InChI=1S/C50HI.12CH4.U.Y/c1-2-3-4-5-6-7-8-9-10-11-12-13-14-15-16-17-18-19-20-21-22-23-24-25-26-27-28-29-30-31-32-33-34-35-36-37-38-39-40-41-42-43-44-45-46-47-48-49-50-51;;;;;;;;;;;;;;/h1H;12*1H4;;. The van der Waals surface area contributed by atoms with Gasteiger partial charge in [0.15, 0.2) is 0 Å². The monoisotopic (exact) mass is 1250 g/mol. The molecule has 0 aliphatic heterocycles. The SMILES string of the molecule is C.C.C.C.C.C.C.C.C.C.C.C.C#CC#CC#CC#CC#CC#CC#CC#CC#CC#CC#CC#CC#CC#CC#CC#CC#CC#CC#CC#CC#CC#CC#CC#CC#CI.[U].[Y]. The van der Waals surface area contributed by atoms with Gasteiger partial charge in [-0.1, -0.05) is 89.1 Å². The Kier molecular flexibility index (Phi) is 157. The molecule has 0 fully saturated rings. The van der Waals surface area contributed by atoms with Gasteiger partial charge in [-0.25, -0.2) is 0 Å². The summed E-state index contributed by atoms with van der Waals surface area (Å²) < 4.78 is 2.59. The summed E-state index contributed by atoms with van der Waals surface area (Å²) in [4.78, 5) is 0. The van der Waals surface area contributed by atoms with Crippen molar-refractivity contribution in [1.82, 2.24) is 0 Å². The van der Waals surface area contributed by atoms with Crippen molar-refractivity contribution >= 4 is 22.6 Å². The van der Waals surface area contributed by atoms with Crippen molar-refractivity contribution in [2.45, 2.75) is 89.1 Å². The van der Waals surface area contributed by atoms with Crippen molar-refractivity contribution in [3.63, 3.8) is 0 Å². The molecule has 0 saturated heterocycles. The van der Waals surface area contributed by atoms with Gasteiger partial charge in [0.2, 0.25) is 0 Å². The van der Waals surface area contributed by atoms with Gasteiger partial charge in [0.25, 0.3) is 0 Å². The number of hydrogen-bond donors (Lipinski definition) is 0. The molecular weight excluding hydrogens is 1200 g/mol. The number of rotatable bonds is 0. The minimum Gasteiger partial charge on any atom is -0.106 e.